The van der Waals surface area contributed by atoms with Gasteiger partial charge in [-0.3, -0.25) is 0 Å². The molecule has 0 N–H and O–H groups in total. The Bertz CT molecular complexity index is 457. The number of nitrogens with zero attached hydrogens (tertiary/aromatic N) is 1. The van der Waals surface area contributed by atoms with Crippen LogP contribution in [0.5, 0.6) is 5.75 Å². The van der Waals surface area contributed by atoms with Crippen LogP contribution in [0.3, 0.4) is 0 Å². The predicted octanol–water partition coefficient (Wildman–Crippen LogP) is 3.52. The zero-order valence-electron chi connectivity index (χ0n) is 12.1. The number of pyridine rings is 1. The quantitative estimate of drug-likeness (QED) is 0.392. The lowest BCUT2D eigenvalue weighted by Crippen LogP contribution is -2.27. The second-order valence-electron chi connectivity index (χ2n) is 4.32. The molecule has 0 saturated carbocycles. The molecule has 0 spiro atoms. The van der Waals surface area contributed by atoms with Gasteiger partial charge in [0.1, 0.15) is 11.8 Å². The van der Waals surface area contributed by atoms with Crippen molar-refractivity contribution >= 4 is 29.2 Å². The van der Waals surface area contributed by atoms with E-state index in [1.165, 1.54) is 6.07 Å². The molecule has 0 aliphatic carbocycles. The summed E-state index contributed by atoms with van der Waals surface area (Å²) >= 11 is 11.5. The third kappa shape index (κ3) is 6.98. The standard InChI is InChI=1S/C14H19Cl2NO4/c1-3-4-7-19-8-9-20-14(18)10(2)21-11-5-6-12(15)17-13(11)16/h5-6,10H,3-4,7-9H2,1-2H3. The highest BCUT2D eigenvalue weighted by atomic mass is 35.5. The molecule has 0 bridgehead atoms. The van der Waals surface area contributed by atoms with Gasteiger partial charge in [-0.15, -0.1) is 0 Å². The molecule has 118 valence electrons. The fraction of sp³-hybridized carbons (Fsp3) is 0.571. The fourth-order valence-corrected chi connectivity index (χ4v) is 1.78. The van der Waals surface area contributed by atoms with Crippen LogP contribution in [0.1, 0.15) is 26.7 Å². The van der Waals surface area contributed by atoms with Gasteiger partial charge >= 0.3 is 5.97 Å². The highest BCUT2D eigenvalue weighted by molar-refractivity contribution is 6.33. The number of halogens is 2. The van der Waals surface area contributed by atoms with E-state index in [1.54, 1.807) is 13.0 Å². The number of carbonyl (C=O) groups excluding carboxylic acids is 1. The minimum absolute atomic E-state index is 0.102. The predicted molar refractivity (Wildman–Crippen MR) is 81.0 cm³/mol. The van der Waals surface area contributed by atoms with Crippen molar-refractivity contribution in [1.82, 2.24) is 4.98 Å². The van der Waals surface area contributed by atoms with Crippen LogP contribution in [0.4, 0.5) is 0 Å². The van der Waals surface area contributed by atoms with Gasteiger partial charge in [-0.1, -0.05) is 36.5 Å². The molecule has 1 atom stereocenters. The van der Waals surface area contributed by atoms with Crippen LogP contribution in [0.25, 0.3) is 0 Å². The van der Waals surface area contributed by atoms with Gasteiger partial charge in [0.15, 0.2) is 17.0 Å². The normalized spacial score (nSPS) is 12.0. The number of rotatable bonds is 9. The van der Waals surface area contributed by atoms with Crippen LogP contribution in [0, 0.1) is 0 Å². The van der Waals surface area contributed by atoms with Gasteiger partial charge < -0.3 is 14.2 Å². The van der Waals surface area contributed by atoms with Crippen LogP contribution in [0.15, 0.2) is 12.1 Å². The molecule has 0 aliphatic rings. The summed E-state index contributed by atoms with van der Waals surface area (Å²) in [5.41, 5.74) is 0. The van der Waals surface area contributed by atoms with Crippen molar-refractivity contribution in [2.75, 3.05) is 19.8 Å². The van der Waals surface area contributed by atoms with Crippen molar-refractivity contribution in [1.29, 1.82) is 0 Å². The van der Waals surface area contributed by atoms with Gasteiger partial charge in [-0.25, -0.2) is 9.78 Å². The van der Waals surface area contributed by atoms with E-state index >= 15 is 0 Å². The first-order valence-corrected chi connectivity index (χ1v) is 7.53. The van der Waals surface area contributed by atoms with Crippen LogP contribution in [0.2, 0.25) is 10.3 Å². The van der Waals surface area contributed by atoms with Crippen molar-refractivity contribution in [3.05, 3.63) is 22.4 Å². The zero-order chi connectivity index (χ0) is 15.7. The second-order valence-corrected chi connectivity index (χ2v) is 5.06. The summed E-state index contributed by atoms with van der Waals surface area (Å²) in [6, 6.07) is 3.08. The van der Waals surface area contributed by atoms with Gasteiger partial charge in [0.2, 0.25) is 0 Å². The van der Waals surface area contributed by atoms with Crippen LogP contribution < -0.4 is 4.74 Å². The van der Waals surface area contributed by atoms with Crippen molar-refractivity contribution in [3.8, 4) is 5.75 Å². The number of ether oxygens (including phenoxy) is 3. The Morgan fingerprint density at radius 1 is 1.29 bits per heavy atom. The van der Waals surface area contributed by atoms with Gasteiger partial charge in [-0.2, -0.15) is 0 Å². The summed E-state index contributed by atoms with van der Waals surface area (Å²) in [4.78, 5) is 15.5. The molecule has 0 aromatic carbocycles. The monoisotopic (exact) mass is 335 g/mol. The van der Waals surface area contributed by atoms with E-state index in [4.69, 9.17) is 37.4 Å². The molecule has 0 amide bonds. The largest absolute Gasteiger partial charge is 0.476 e. The van der Waals surface area contributed by atoms with E-state index < -0.39 is 12.1 Å². The maximum atomic E-state index is 11.7. The highest BCUT2D eigenvalue weighted by Gasteiger charge is 2.18. The van der Waals surface area contributed by atoms with E-state index in [1.807, 2.05) is 0 Å². The molecule has 5 nitrogen and oxygen atoms in total. The number of carbonyl (C=O) groups is 1. The Balaban J connectivity index is 2.30. The molecule has 1 heterocycles. The third-order valence-corrected chi connectivity index (χ3v) is 3.01. The summed E-state index contributed by atoms with van der Waals surface area (Å²) in [6.07, 6.45) is 1.27. The lowest BCUT2D eigenvalue weighted by molar-refractivity contribution is -0.152. The lowest BCUT2D eigenvalue weighted by atomic mass is 10.4. The number of hydrogen-bond donors (Lipinski definition) is 0. The Labute approximate surface area is 134 Å². The van der Waals surface area contributed by atoms with Crippen molar-refractivity contribution in [3.63, 3.8) is 0 Å². The molecule has 0 aliphatic heterocycles. The fourth-order valence-electron chi connectivity index (χ4n) is 1.39. The van der Waals surface area contributed by atoms with E-state index in [0.717, 1.165) is 12.8 Å². The Kier molecular flexibility index (Phi) is 8.42. The molecule has 7 heteroatoms. The first-order chi connectivity index (χ1) is 10.0. The summed E-state index contributed by atoms with van der Waals surface area (Å²) in [7, 11) is 0. The number of aromatic nitrogens is 1. The van der Waals surface area contributed by atoms with Gasteiger partial charge in [-0.05, 0) is 25.5 Å². The van der Waals surface area contributed by atoms with E-state index in [2.05, 4.69) is 11.9 Å². The van der Waals surface area contributed by atoms with Crippen molar-refractivity contribution < 1.29 is 19.0 Å². The van der Waals surface area contributed by atoms with E-state index in [9.17, 15) is 4.79 Å². The Morgan fingerprint density at radius 3 is 2.71 bits per heavy atom. The summed E-state index contributed by atoms with van der Waals surface area (Å²) in [5, 5.41) is 0.358. The molecule has 0 saturated heterocycles. The number of hydrogen-bond acceptors (Lipinski definition) is 5. The third-order valence-electron chi connectivity index (χ3n) is 2.53. The Hall–Kier alpha value is -1.04. The van der Waals surface area contributed by atoms with E-state index in [-0.39, 0.29) is 22.7 Å². The molecular formula is C14H19Cl2NO4. The van der Waals surface area contributed by atoms with Gasteiger partial charge in [0, 0.05) is 6.61 Å². The molecule has 0 fully saturated rings. The maximum absolute atomic E-state index is 11.7. The minimum atomic E-state index is -0.791. The molecule has 21 heavy (non-hydrogen) atoms. The maximum Gasteiger partial charge on any atom is 0.347 e. The van der Waals surface area contributed by atoms with Crippen LogP contribution >= 0.6 is 23.2 Å². The van der Waals surface area contributed by atoms with E-state index in [0.29, 0.717) is 13.2 Å². The topological polar surface area (TPSA) is 57.7 Å². The van der Waals surface area contributed by atoms with Crippen molar-refractivity contribution in [2.24, 2.45) is 0 Å². The van der Waals surface area contributed by atoms with Gasteiger partial charge in [0.05, 0.1) is 6.61 Å². The minimum Gasteiger partial charge on any atom is -0.476 e. The van der Waals surface area contributed by atoms with Crippen LogP contribution in [-0.2, 0) is 14.3 Å². The number of esters is 1. The molecule has 1 unspecified atom stereocenters. The molecule has 1 aromatic rings. The molecule has 1 rings (SSSR count). The highest BCUT2D eigenvalue weighted by Crippen LogP contribution is 2.25. The lowest BCUT2D eigenvalue weighted by Gasteiger charge is -2.14. The molecule has 0 radical (unpaired) electrons. The summed E-state index contributed by atoms with van der Waals surface area (Å²) in [5.74, 6) is -0.204. The molecule has 1 aromatic heterocycles. The second kappa shape index (κ2) is 9.82. The SMILES string of the molecule is CCCCOCCOC(=O)C(C)Oc1ccc(Cl)nc1Cl. The van der Waals surface area contributed by atoms with Crippen LogP contribution in [-0.4, -0.2) is 36.9 Å². The first kappa shape index (κ1) is 18.0. The number of unbranched alkanes of at least 4 members (excludes halogenated alkanes) is 1. The Morgan fingerprint density at radius 2 is 2.05 bits per heavy atom. The summed E-state index contributed by atoms with van der Waals surface area (Å²) < 4.78 is 15.7. The van der Waals surface area contributed by atoms with Crippen molar-refractivity contribution in [2.45, 2.75) is 32.8 Å². The average molecular weight is 336 g/mol. The smallest absolute Gasteiger partial charge is 0.347 e. The summed E-state index contributed by atoms with van der Waals surface area (Å²) in [6.45, 7) is 4.90. The molecular weight excluding hydrogens is 317 g/mol. The first-order valence-electron chi connectivity index (χ1n) is 6.77. The average Bonchev–Trinajstić information content (AvgIpc) is 2.45. The van der Waals surface area contributed by atoms with Gasteiger partial charge in [0.25, 0.3) is 0 Å². The zero-order valence-corrected chi connectivity index (χ0v) is 13.6.